The van der Waals surface area contributed by atoms with Crippen LogP contribution in [-0.2, 0) is 9.59 Å². The lowest BCUT2D eigenvalue weighted by atomic mass is 10.1. The van der Waals surface area contributed by atoms with Crippen LogP contribution in [0.25, 0.3) is 0 Å². The summed E-state index contributed by atoms with van der Waals surface area (Å²) in [6.07, 6.45) is 3.47. The average Bonchev–Trinajstić information content (AvgIpc) is 2.86. The lowest BCUT2D eigenvalue weighted by Crippen LogP contribution is -2.33. The first-order chi connectivity index (χ1) is 17.0. The first-order valence-electron chi connectivity index (χ1n) is 11.3. The summed E-state index contributed by atoms with van der Waals surface area (Å²) < 4.78 is 5.60. The zero-order valence-electron chi connectivity index (χ0n) is 19.7. The Balaban J connectivity index is 1.55. The number of nitrogens with zero attached hydrogens (tertiary/aromatic N) is 1. The predicted molar refractivity (Wildman–Crippen MR) is 137 cm³/mol. The highest BCUT2D eigenvalue weighted by Gasteiger charge is 2.17. The maximum Gasteiger partial charge on any atom is 0.329 e. The van der Waals surface area contributed by atoms with Crippen molar-refractivity contribution in [3.63, 3.8) is 0 Å². The molecule has 3 aromatic rings. The maximum absolute atomic E-state index is 12.7. The van der Waals surface area contributed by atoms with Gasteiger partial charge in [-0.05, 0) is 67.4 Å². The van der Waals surface area contributed by atoms with Gasteiger partial charge in [0.1, 0.15) is 5.75 Å². The van der Waals surface area contributed by atoms with E-state index in [2.05, 4.69) is 28.1 Å². The van der Waals surface area contributed by atoms with E-state index in [9.17, 15) is 14.4 Å². The van der Waals surface area contributed by atoms with E-state index < -0.39 is 17.7 Å². The Hall–Kier alpha value is -4.46. The molecule has 0 bridgehead atoms. The van der Waals surface area contributed by atoms with Crippen molar-refractivity contribution in [1.29, 1.82) is 0 Å². The SMILES string of the molecule is CCCCOc1ccc(/C=N/NC(=O)C(=O)Nc2ccccc2C(=O)Nc2ccc(C)cc2)cc1. The Labute approximate surface area is 204 Å². The summed E-state index contributed by atoms with van der Waals surface area (Å²) in [6, 6.07) is 21.0. The van der Waals surface area contributed by atoms with Crippen molar-refractivity contribution in [3.05, 3.63) is 89.5 Å². The van der Waals surface area contributed by atoms with E-state index in [0.29, 0.717) is 12.3 Å². The molecule has 0 saturated heterocycles. The van der Waals surface area contributed by atoms with Crippen molar-refractivity contribution >= 4 is 35.3 Å². The van der Waals surface area contributed by atoms with Gasteiger partial charge in [-0.25, -0.2) is 5.43 Å². The van der Waals surface area contributed by atoms with E-state index >= 15 is 0 Å². The number of anilines is 2. The van der Waals surface area contributed by atoms with Gasteiger partial charge in [0.15, 0.2) is 0 Å². The molecule has 3 rings (SSSR count). The maximum atomic E-state index is 12.7. The highest BCUT2D eigenvalue weighted by Crippen LogP contribution is 2.18. The second-order valence-electron chi connectivity index (χ2n) is 7.79. The van der Waals surface area contributed by atoms with Gasteiger partial charge in [-0.15, -0.1) is 0 Å². The van der Waals surface area contributed by atoms with E-state index in [1.807, 2.05) is 31.2 Å². The molecule has 0 aliphatic heterocycles. The van der Waals surface area contributed by atoms with Crippen LogP contribution in [0.15, 0.2) is 77.9 Å². The van der Waals surface area contributed by atoms with Crippen LogP contribution in [0.1, 0.15) is 41.3 Å². The Morgan fingerprint density at radius 3 is 2.31 bits per heavy atom. The first kappa shape index (κ1) is 25.2. The minimum Gasteiger partial charge on any atom is -0.494 e. The highest BCUT2D eigenvalue weighted by atomic mass is 16.5. The molecule has 8 heteroatoms. The zero-order chi connectivity index (χ0) is 25.0. The zero-order valence-corrected chi connectivity index (χ0v) is 19.7. The summed E-state index contributed by atoms with van der Waals surface area (Å²) in [5.74, 6) is -1.57. The van der Waals surface area contributed by atoms with Gasteiger partial charge in [0, 0.05) is 5.69 Å². The van der Waals surface area contributed by atoms with E-state index in [-0.39, 0.29) is 11.3 Å². The van der Waals surface area contributed by atoms with Crippen LogP contribution >= 0.6 is 0 Å². The summed E-state index contributed by atoms with van der Waals surface area (Å²) >= 11 is 0. The molecule has 0 unspecified atom stereocenters. The number of hydrazone groups is 1. The van der Waals surface area contributed by atoms with Crippen molar-refractivity contribution in [2.24, 2.45) is 5.10 Å². The van der Waals surface area contributed by atoms with Gasteiger partial charge in [-0.3, -0.25) is 14.4 Å². The second-order valence-corrected chi connectivity index (χ2v) is 7.79. The quantitative estimate of drug-likeness (QED) is 0.184. The molecule has 0 aliphatic carbocycles. The summed E-state index contributed by atoms with van der Waals surface area (Å²) in [4.78, 5) is 37.2. The Bertz CT molecular complexity index is 1190. The number of hydrogen-bond acceptors (Lipinski definition) is 5. The molecule has 180 valence electrons. The molecule has 0 atom stereocenters. The third kappa shape index (κ3) is 7.82. The first-order valence-corrected chi connectivity index (χ1v) is 11.3. The Morgan fingerprint density at radius 1 is 0.886 bits per heavy atom. The topological polar surface area (TPSA) is 109 Å². The normalized spacial score (nSPS) is 10.6. The van der Waals surface area contributed by atoms with Crippen LogP contribution in [0.4, 0.5) is 11.4 Å². The largest absolute Gasteiger partial charge is 0.494 e. The van der Waals surface area contributed by atoms with Crippen LogP contribution < -0.4 is 20.8 Å². The molecule has 0 aliphatic rings. The fourth-order valence-electron chi connectivity index (χ4n) is 3.01. The molecule has 0 fully saturated rings. The van der Waals surface area contributed by atoms with E-state index in [1.165, 1.54) is 6.21 Å². The fourth-order valence-corrected chi connectivity index (χ4v) is 3.01. The van der Waals surface area contributed by atoms with E-state index in [0.717, 1.165) is 29.7 Å². The lowest BCUT2D eigenvalue weighted by Gasteiger charge is -2.11. The molecule has 0 aromatic heterocycles. The van der Waals surface area contributed by atoms with Crippen molar-refractivity contribution in [3.8, 4) is 5.75 Å². The molecule has 8 nitrogen and oxygen atoms in total. The number of hydrogen-bond donors (Lipinski definition) is 3. The van der Waals surface area contributed by atoms with Gasteiger partial charge in [-0.2, -0.15) is 5.10 Å². The van der Waals surface area contributed by atoms with Crippen LogP contribution in [0.2, 0.25) is 0 Å². The molecule has 3 amide bonds. The highest BCUT2D eigenvalue weighted by molar-refractivity contribution is 6.40. The summed E-state index contributed by atoms with van der Waals surface area (Å²) in [5.41, 5.74) is 5.03. The number of para-hydroxylation sites is 1. The predicted octanol–water partition coefficient (Wildman–Crippen LogP) is 4.52. The number of carbonyl (C=O) groups is 3. The van der Waals surface area contributed by atoms with Crippen molar-refractivity contribution in [2.45, 2.75) is 26.7 Å². The van der Waals surface area contributed by atoms with Crippen molar-refractivity contribution in [2.75, 3.05) is 17.2 Å². The number of rotatable bonds is 9. The second kappa shape index (κ2) is 12.7. The molecular weight excluding hydrogens is 444 g/mol. The minimum absolute atomic E-state index is 0.208. The monoisotopic (exact) mass is 472 g/mol. The third-order valence-corrected chi connectivity index (χ3v) is 4.96. The summed E-state index contributed by atoms with van der Waals surface area (Å²) in [5, 5.41) is 9.06. The van der Waals surface area contributed by atoms with Crippen molar-refractivity contribution in [1.82, 2.24) is 5.43 Å². The van der Waals surface area contributed by atoms with Gasteiger partial charge in [0.2, 0.25) is 0 Å². The molecule has 0 spiro atoms. The molecular formula is C27H28N4O4. The molecule has 0 saturated carbocycles. The van der Waals surface area contributed by atoms with Crippen molar-refractivity contribution < 1.29 is 19.1 Å². The fraction of sp³-hybridized carbons (Fsp3) is 0.185. The number of carbonyl (C=O) groups excluding carboxylic acids is 3. The Morgan fingerprint density at radius 2 is 1.60 bits per heavy atom. The lowest BCUT2D eigenvalue weighted by molar-refractivity contribution is -0.136. The molecule has 0 heterocycles. The third-order valence-electron chi connectivity index (χ3n) is 4.96. The summed E-state index contributed by atoms with van der Waals surface area (Å²) in [7, 11) is 0. The summed E-state index contributed by atoms with van der Waals surface area (Å²) in [6.45, 7) is 4.71. The van der Waals surface area contributed by atoms with Gasteiger partial charge in [0.25, 0.3) is 5.91 Å². The number of aryl methyl sites for hydroxylation is 1. The molecule has 35 heavy (non-hydrogen) atoms. The number of amides is 3. The minimum atomic E-state index is -0.963. The van der Waals surface area contributed by atoms with Gasteiger partial charge < -0.3 is 15.4 Å². The van der Waals surface area contributed by atoms with Gasteiger partial charge in [-0.1, -0.05) is 43.2 Å². The van der Waals surface area contributed by atoms with Crippen LogP contribution in [0.3, 0.4) is 0 Å². The average molecular weight is 473 g/mol. The van der Waals surface area contributed by atoms with E-state index in [4.69, 9.17) is 4.74 Å². The van der Waals surface area contributed by atoms with Gasteiger partial charge in [0.05, 0.1) is 24.1 Å². The molecule has 3 N–H and O–H groups in total. The molecule has 3 aromatic carbocycles. The van der Waals surface area contributed by atoms with Crippen LogP contribution in [0.5, 0.6) is 5.75 Å². The smallest absolute Gasteiger partial charge is 0.329 e. The number of unbranched alkanes of at least 4 members (excludes halogenated alkanes) is 1. The van der Waals surface area contributed by atoms with E-state index in [1.54, 1.807) is 48.5 Å². The van der Waals surface area contributed by atoms with Gasteiger partial charge >= 0.3 is 11.8 Å². The Kier molecular flexibility index (Phi) is 9.13. The number of nitrogens with one attached hydrogen (secondary N) is 3. The molecule has 0 radical (unpaired) electrons. The standard InChI is InChI=1S/C27H28N4O4/c1-3-4-17-35-22-15-11-20(12-16-22)18-28-31-27(34)26(33)30-24-8-6-5-7-23(24)25(32)29-21-13-9-19(2)10-14-21/h5-16,18H,3-4,17H2,1-2H3,(H,29,32)(H,30,33)(H,31,34)/b28-18+. The van der Waals surface area contributed by atoms with Crippen LogP contribution in [0, 0.1) is 6.92 Å². The number of ether oxygens (including phenoxy) is 1. The van der Waals surface area contributed by atoms with Crippen LogP contribution in [-0.4, -0.2) is 30.5 Å². The number of benzene rings is 3.